The fourth-order valence-electron chi connectivity index (χ4n) is 1.94. The molecule has 0 aliphatic carbocycles. The summed E-state index contributed by atoms with van der Waals surface area (Å²) in [7, 11) is 0. The van der Waals surface area contributed by atoms with Crippen molar-refractivity contribution < 1.29 is 99.5 Å². The van der Waals surface area contributed by atoms with Crippen LogP contribution in [0.5, 0.6) is 0 Å². The third kappa shape index (κ3) is 10.3. The molecular formula is C18H20F14O8. The number of esters is 2. The van der Waals surface area contributed by atoms with E-state index < -0.39 is 74.4 Å². The van der Waals surface area contributed by atoms with Crippen molar-refractivity contribution in [3.63, 3.8) is 0 Å². The summed E-state index contributed by atoms with van der Waals surface area (Å²) in [5.74, 6) is -31.8. The van der Waals surface area contributed by atoms with Gasteiger partial charge in [-0.3, -0.25) is 0 Å². The second-order valence-corrected chi connectivity index (χ2v) is 7.01. The normalized spacial score (nSPS) is 13.8. The molecule has 8 nitrogen and oxygen atoms in total. The highest BCUT2D eigenvalue weighted by Crippen LogP contribution is 2.48. The first-order valence-corrected chi connectivity index (χ1v) is 10.3. The summed E-state index contributed by atoms with van der Waals surface area (Å²) in [6.07, 6.45) is -13.4. The average molecular weight is 630 g/mol. The minimum atomic E-state index is -6.70. The minimum absolute atomic E-state index is 0.0861. The molecule has 0 spiro atoms. The number of carbonyl (C=O) groups excluding carboxylic acids is 2. The molecule has 0 aromatic carbocycles. The summed E-state index contributed by atoms with van der Waals surface area (Å²) in [5, 5.41) is 0. The van der Waals surface area contributed by atoms with Crippen molar-refractivity contribution in [1.82, 2.24) is 0 Å². The van der Waals surface area contributed by atoms with E-state index in [1.54, 1.807) is 0 Å². The van der Waals surface area contributed by atoms with Gasteiger partial charge in [0.2, 0.25) is 0 Å². The maximum absolute atomic E-state index is 13.0. The molecule has 0 amide bonds. The highest BCUT2D eigenvalue weighted by Gasteiger charge is 2.78. The summed E-state index contributed by atoms with van der Waals surface area (Å²) in [6.45, 7) is -4.50. The zero-order chi connectivity index (χ0) is 31.5. The van der Waals surface area contributed by atoms with Gasteiger partial charge in [-0.25, -0.2) is 9.59 Å². The number of ether oxygens (including phenoxy) is 6. The van der Waals surface area contributed by atoms with Crippen LogP contribution in [0.15, 0.2) is 0 Å². The molecule has 0 saturated carbocycles. The molecule has 0 aromatic heterocycles. The van der Waals surface area contributed by atoms with E-state index in [4.69, 9.17) is 18.9 Å². The quantitative estimate of drug-likeness (QED) is 0.121. The molecule has 0 N–H and O–H groups in total. The minimum Gasteiger partial charge on any atom is -0.459 e. The zero-order valence-corrected chi connectivity index (χ0v) is 19.6. The lowest BCUT2D eigenvalue weighted by molar-refractivity contribution is -0.348. The Balaban J connectivity index is 3.81. The Bertz CT molecular complexity index is 721. The number of alkyl halides is 14. The number of carbonyl (C=O) groups is 2. The van der Waals surface area contributed by atoms with E-state index in [-0.39, 0.29) is 39.6 Å². The van der Waals surface area contributed by atoms with E-state index >= 15 is 0 Å². The van der Waals surface area contributed by atoms with E-state index in [9.17, 15) is 71.1 Å². The van der Waals surface area contributed by atoms with Crippen molar-refractivity contribution in [2.45, 2.75) is 36.0 Å². The number of hydrogen-bond acceptors (Lipinski definition) is 8. The highest BCUT2D eigenvalue weighted by atomic mass is 19.4. The molecule has 0 saturated heterocycles. The topological polar surface area (TPSA) is 89.5 Å². The van der Waals surface area contributed by atoms with Crippen LogP contribution in [0.25, 0.3) is 0 Å². The number of rotatable bonds is 19. The number of halogens is 14. The third-order valence-corrected chi connectivity index (χ3v) is 4.05. The second kappa shape index (κ2) is 15.1. The molecule has 238 valence electrons. The molecule has 22 heteroatoms. The van der Waals surface area contributed by atoms with Gasteiger partial charge in [0.05, 0.1) is 52.9 Å². The molecule has 0 radical (unpaired) electrons. The third-order valence-electron chi connectivity index (χ3n) is 4.05. The van der Waals surface area contributed by atoms with Crippen molar-refractivity contribution in [1.29, 1.82) is 0 Å². The van der Waals surface area contributed by atoms with Crippen LogP contribution in [0.3, 0.4) is 0 Å². The molecule has 0 atom stereocenters. The second-order valence-electron chi connectivity index (χ2n) is 7.01. The van der Waals surface area contributed by atoms with Gasteiger partial charge in [-0.05, 0) is 0 Å². The molecule has 40 heavy (non-hydrogen) atoms. The average Bonchev–Trinajstić information content (AvgIpc) is 2.81. The fourth-order valence-corrected chi connectivity index (χ4v) is 1.94. The first-order valence-electron chi connectivity index (χ1n) is 10.3. The van der Waals surface area contributed by atoms with Gasteiger partial charge >= 0.3 is 48.0 Å². The van der Waals surface area contributed by atoms with Gasteiger partial charge in [0.25, 0.3) is 0 Å². The van der Waals surface area contributed by atoms with Crippen molar-refractivity contribution >= 4 is 11.9 Å². The smallest absolute Gasteiger partial charge is 0.459 e. The lowest BCUT2D eigenvalue weighted by Crippen LogP contribution is -2.56. The van der Waals surface area contributed by atoms with Crippen LogP contribution >= 0.6 is 0 Å². The van der Waals surface area contributed by atoms with E-state index in [1.807, 2.05) is 0 Å². The Morgan fingerprint density at radius 1 is 0.375 bits per heavy atom. The molecule has 0 aliphatic rings. The van der Waals surface area contributed by atoms with E-state index in [1.165, 1.54) is 0 Å². The molecular weight excluding hydrogens is 610 g/mol. The Morgan fingerprint density at radius 2 is 0.575 bits per heavy atom. The van der Waals surface area contributed by atoms with Crippen molar-refractivity contribution in [2.75, 3.05) is 66.1 Å². The van der Waals surface area contributed by atoms with Gasteiger partial charge in [0, 0.05) is 0 Å². The zero-order valence-electron chi connectivity index (χ0n) is 19.6. The Morgan fingerprint density at radius 3 is 0.775 bits per heavy atom. The summed E-state index contributed by atoms with van der Waals surface area (Å²) < 4.78 is 201. The Hall–Kier alpha value is -2.20. The van der Waals surface area contributed by atoms with Gasteiger partial charge in [-0.15, -0.1) is 0 Å². The van der Waals surface area contributed by atoms with Crippen LogP contribution in [0.4, 0.5) is 61.5 Å². The van der Waals surface area contributed by atoms with Crippen LogP contribution in [0.1, 0.15) is 0 Å². The SMILES string of the molecule is O=C(OCCOCCOCCOCCOCCOC(=O)C(F)(F)C(F)(F)C(F)(F)F)C(F)(F)C(F)(F)C(F)(F)F. The first-order chi connectivity index (χ1) is 18.0. The molecule has 0 aromatic rings. The van der Waals surface area contributed by atoms with Crippen LogP contribution in [-0.4, -0.2) is 114 Å². The van der Waals surface area contributed by atoms with Crippen molar-refractivity contribution in [3.05, 3.63) is 0 Å². The molecule has 0 bridgehead atoms. The van der Waals surface area contributed by atoms with E-state index in [0.29, 0.717) is 0 Å². The maximum Gasteiger partial charge on any atom is 0.460 e. The van der Waals surface area contributed by atoms with Gasteiger partial charge in [0.15, 0.2) is 0 Å². The number of hydrogen-bond donors (Lipinski definition) is 0. The standard InChI is InChI=1S/C18H20F14O8/c19-13(20,15(23,24)17(27,28)29)11(33)39-9-7-37-5-3-35-1-2-36-4-6-38-8-10-40-12(34)14(21,22)16(25,26)18(30,31)32/h1-10H2. The molecule has 0 unspecified atom stereocenters. The van der Waals surface area contributed by atoms with Gasteiger partial charge in [-0.2, -0.15) is 61.5 Å². The van der Waals surface area contributed by atoms with E-state index in [0.717, 1.165) is 0 Å². The van der Waals surface area contributed by atoms with Gasteiger partial charge in [-0.1, -0.05) is 0 Å². The summed E-state index contributed by atoms with van der Waals surface area (Å²) >= 11 is 0. The summed E-state index contributed by atoms with van der Waals surface area (Å²) in [5.41, 5.74) is 0. The van der Waals surface area contributed by atoms with Crippen molar-refractivity contribution in [2.24, 2.45) is 0 Å². The van der Waals surface area contributed by atoms with Gasteiger partial charge in [0.1, 0.15) is 13.2 Å². The molecule has 0 rings (SSSR count). The largest absolute Gasteiger partial charge is 0.460 e. The predicted octanol–water partition coefficient (Wildman–Crippen LogP) is 3.81. The molecule has 0 heterocycles. The van der Waals surface area contributed by atoms with Crippen molar-refractivity contribution in [3.8, 4) is 0 Å². The first kappa shape index (κ1) is 37.8. The predicted molar refractivity (Wildman–Crippen MR) is 97.1 cm³/mol. The lowest BCUT2D eigenvalue weighted by Gasteiger charge is -2.26. The summed E-state index contributed by atoms with van der Waals surface area (Å²) in [4.78, 5) is 21.7. The maximum atomic E-state index is 13.0. The highest BCUT2D eigenvalue weighted by molar-refractivity contribution is 5.79. The van der Waals surface area contributed by atoms with Crippen LogP contribution in [0.2, 0.25) is 0 Å². The van der Waals surface area contributed by atoms with Crippen LogP contribution < -0.4 is 0 Å². The fraction of sp³-hybridized carbons (Fsp3) is 0.889. The van der Waals surface area contributed by atoms with Gasteiger partial charge < -0.3 is 28.4 Å². The monoisotopic (exact) mass is 630 g/mol. The summed E-state index contributed by atoms with van der Waals surface area (Å²) in [6, 6.07) is 0. The molecule has 0 aliphatic heterocycles. The lowest BCUT2D eigenvalue weighted by atomic mass is 10.1. The Kier molecular flexibility index (Phi) is 14.3. The molecule has 0 fully saturated rings. The Labute approximate surface area is 214 Å². The van der Waals surface area contributed by atoms with E-state index in [2.05, 4.69) is 9.47 Å². The van der Waals surface area contributed by atoms with Crippen LogP contribution in [0, 0.1) is 0 Å². The van der Waals surface area contributed by atoms with Crippen LogP contribution in [-0.2, 0) is 38.0 Å².